The summed E-state index contributed by atoms with van der Waals surface area (Å²) in [5.41, 5.74) is 1.12. The monoisotopic (exact) mass is 434 g/mol. The molecule has 0 aliphatic heterocycles. The van der Waals surface area contributed by atoms with Gasteiger partial charge in [0.1, 0.15) is 11.8 Å². The lowest BCUT2D eigenvalue weighted by Crippen LogP contribution is -2.47. The van der Waals surface area contributed by atoms with Gasteiger partial charge in [0.25, 0.3) is 0 Å². The van der Waals surface area contributed by atoms with Crippen molar-refractivity contribution < 1.29 is 27.5 Å². The summed E-state index contributed by atoms with van der Waals surface area (Å²) >= 11 is 0. The number of rotatable bonds is 9. The number of amides is 1. The lowest BCUT2D eigenvalue weighted by molar-refractivity contribution is -0.117. The highest BCUT2D eigenvalue weighted by molar-refractivity contribution is 7.92. The van der Waals surface area contributed by atoms with Crippen LogP contribution >= 0.6 is 0 Å². The van der Waals surface area contributed by atoms with Gasteiger partial charge in [0.05, 0.1) is 31.2 Å². The van der Waals surface area contributed by atoms with Crippen molar-refractivity contribution in [2.75, 3.05) is 29.6 Å². The zero-order valence-corrected chi connectivity index (χ0v) is 18.2. The van der Waals surface area contributed by atoms with Gasteiger partial charge in [-0.3, -0.25) is 9.10 Å². The van der Waals surface area contributed by atoms with Crippen LogP contribution in [0.15, 0.2) is 48.5 Å². The van der Waals surface area contributed by atoms with Crippen LogP contribution in [-0.2, 0) is 19.6 Å². The van der Waals surface area contributed by atoms with Crippen molar-refractivity contribution in [3.63, 3.8) is 0 Å². The van der Waals surface area contributed by atoms with E-state index in [1.165, 1.54) is 19.2 Å². The summed E-state index contributed by atoms with van der Waals surface area (Å²) in [7, 11) is -2.28. The third-order valence-electron chi connectivity index (χ3n) is 4.30. The number of ether oxygens (including phenoxy) is 2. The number of benzene rings is 2. The Morgan fingerprint density at radius 3 is 2.30 bits per heavy atom. The van der Waals surface area contributed by atoms with Crippen molar-refractivity contribution >= 4 is 33.3 Å². The molecule has 0 heterocycles. The molecule has 0 spiro atoms. The van der Waals surface area contributed by atoms with Crippen LogP contribution < -0.4 is 14.4 Å². The molecule has 0 radical (unpaired) electrons. The van der Waals surface area contributed by atoms with Crippen LogP contribution in [-0.4, -0.2) is 46.3 Å². The molecular formula is C21H26N2O6S. The predicted octanol–water partition coefficient (Wildman–Crippen LogP) is 3.06. The number of esters is 1. The van der Waals surface area contributed by atoms with E-state index in [-0.39, 0.29) is 13.0 Å². The fourth-order valence-corrected chi connectivity index (χ4v) is 4.14. The minimum Gasteiger partial charge on any atom is -0.497 e. The van der Waals surface area contributed by atoms with Crippen molar-refractivity contribution in [2.45, 2.75) is 26.3 Å². The van der Waals surface area contributed by atoms with Gasteiger partial charge in [0, 0.05) is 11.8 Å². The molecule has 162 valence electrons. The van der Waals surface area contributed by atoms with E-state index in [0.717, 1.165) is 10.6 Å². The molecule has 0 aromatic heterocycles. The van der Waals surface area contributed by atoms with Crippen LogP contribution in [0.5, 0.6) is 5.75 Å². The number of carbonyl (C=O) groups excluding carboxylic acids is 2. The van der Waals surface area contributed by atoms with E-state index < -0.39 is 27.9 Å². The van der Waals surface area contributed by atoms with E-state index in [2.05, 4.69) is 5.32 Å². The highest BCUT2D eigenvalue weighted by atomic mass is 32.2. The molecule has 1 N–H and O–H groups in total. The maximum Gasteiger partial charge on any atom is 0.338 e. The van der Waals surface area contributed by atoms with Crippen LogP contribution in [0, 0.1) is 0 Å². The van der Waals surface area contributed by atoms with Gasteiger partial charge in [-0.25, -0.2) is 13.2 Å². The van der Waals surface area contributed by atoms with Gasteiger partial charge in [-0.05, 0) is 49.7 Å². The molecular weight excluding hydrogens is 408 g/mol. The minimum absolute atomic E-state index is 0.247. The smallest absolute Gasteiger partial charge is 0.338 e. The van der Waals surface area contributed by atoms with E-state index >= 15 is 0 Å². The number of hydrogen-bond acceptors (Lipinski definition) is 6. The van der Waals surface area contributed by atoms with E-state index in [0.29, 0.717) is 22.7 Å². The lowest BCUT2D eigenvalue weighted by atomic mass is 10.1. The summed E-state index contributed by atoms with van der Waals surface area (Å²) in [6.45, 7) is 3.71. The SMILES string of the molecule is CCOC(=O)c1ccc(NC(=O)[C@@H](CC)N(c2cccc(OC)c2)S(C)(=O)=O)cc1. The van der Waals surface area contributed by atoms with Crippen LogP contribution in [0.3, 0.4) is 0 Å². The molecule has 9 heteroatoms. The number of anilines is 2. The van der Waals surface area contributed by atoms with Crippen LogP contribution in [0.25, 0.3) is 0 Å². The van der Waals surface area contributed by atoms with Gasteiger partial charge >= 0.3 is 5.97 Å². The van der Waals surface area contributed by atoms with Crippen LogP contribution in [0.1, 0.15) is 30.6 Å². The summed E-state index contributed by atoms with van der Waals surface area (Å²) in [6, 6.07) is 11.7. The van der Waals surface area contributed by atoms with E-state index in [1.807, 2.05) is 0 Å². The number of methoxy groups -OCH3 is 1. The molecule has 1 atom stereocenters. The third-order valence-corrected chi connectivity index (χ3v) is 5.48. The maximum absolute atomic E-state index is 12.9. The van der Waals surface area contributed by atoms with Gasteiger partial charge in [-0.2, -0.15) is 0 Å². The van der Waals surface area contributed by atoms with Crippen molar-refractivity contribution in [3.8, 4) is 5.75 Å². The van der Waals surface area contributed by atoms with Gasteiger partial charge in [-0.15, -0.1) is 0 Å². The number of sulfonamides is 1. The molecule has 2 aromatic rings. The maximum atomic E-state index is 12.9. The summed E-state index contributed by atoms with van der Waals surface area (Å²) < 4.78 is 36.2. The number of hydrogen-bond donors (Lipinski definition) is 1. The average molecular weight is 435 g/mol. The Kier molecular flexibility index (Phi) is 7.82. The van der Waals surface area contributed by atoms with E-state index in [9.17, 15) is 18.0 Å². The van der Waals surface area contributed by atoms with Gasteiger partial charge in [0.2, 0.25) is 15.9 Å². The first-order valence-corrected chi connectivity index (χ1v) is 11.3. The minimum atomic E-state index is -3.76. The zero-order valence-electron chi connectivity index (χ0n) is 17.4. The van der Waals surface area contributed by atoms with Crippen molar-refractivity contribution in [1.29, 1.82) is 0 Å². The van der Waals surface area contributed by atoms with Gasteiger partial charge in [-0.1, -0.05) is 13.0 Å². The fraction of sp³-hybridized carbons (Fsp3) is 0.333. The van der Waals surface area contributed by atoms with E-state index in [4.69, 9.17) is 9.47 Å². The summed E-state index contributed by atoms with van der Waals surface area (Å²) in [5.74, 6) is -0.469. The largest absolute Gasteiger partial charge is 0.497 e. The topological polar surface area (TPSA) is 102 Å². The normalized spacial score (nSPS) is 12.0. The van der Waals surface area contributed by atoms with Crippen molar-refractivity contribution in [1.82, 2.24) is 0 Å². The van der Waals surface area contributed by atoms with Crippen LogP contribution in [0.2, 0.25) is 0 Å². The molecule has 0 saturated heterocycles. The highest BCUT2D eigenvalue weighted by Crippen LogP contribution is 2.27. The standard InChI is InChI=1S/C21H26N2O6S/c1-5-19(23(30(4,26)27)17-8-7-9-18(14-17)28-3)20(24)22-16-12-10-15(11-13-16)21(25)29-6-2/h7-14,19H,5-6H2,1-4H3,(H,22,24)/t19-/m1/s1. The first kappa shape index (κ1) is 23.2. The molecule has 0 bridgehead atoms. The lowest BCUT2D eigenvalue weighted by Gasteiger charge is -2.30. The Hall–Kier alpha value is -3.07. The van der Waals surface area contributed by atoms with Crippen molar-refractivity contribution in [3.05, 3.63) is 54.1 Å². The zero-order chi connectivity index (χ0) is 22.3. The second-order valence-corrected chi connectivity index (χ2v) is 8.33. The number of carbonyl (C=O) groups is 2. The Morgan fingerprint density at radius 1 is 1.10 bits per heavy atom. The molecule has 0 aliphatic rings. The Labute approximate surface area is 176 Å². The molecule has 0 saturated carbocycles. The van der Waals surface area contributed by atoms with Crippen LogP contribution in [0.4, 0.5) is 11.4 Å². The second-order valence-electron chi connectivity index (χ2n) is 6.47. The molecule has 2 aromatic carbocycles. The van der Waals surface area contributed by atoms with E-state index in [1.54, 1.807) is 50.2 Å². The fourth-order valence-electron chi connectivity index (χ4n) is 2.94. The quantitative estimate of drug-likeness (QED) is 0.609. The van der Waals surface area contributed by atoms with Gasteiger partial charge < -0.3 is 14.8 Å². The van der Waals surface area contributed by atoms with Gasteiger partial charge in [0.15, 0.2) is 0 Å². The highest BCUT2D eigenvalue weighted by Gasteiger charge is 2.31. The molecule has 2 rings (SSSR count). The number of nitrogens with zero attached hydrogens (tertiary/aromatic N) is 1. The van der Waals surface area contributed by atoms with Crippen molar-refractivity contribution in [2.24, 2.45) is 0 Å². The Morgan fingerprint density at radius 2 is 1.77 bits per heavy atom. The Bertz CT molecular complexity index is 989. The first-order chi connectivity index (χ1) is 14.2. The third kappa shape index (κ3) is 5.73. The predicted molar refractivity (Wildman–Crippen MR) is 115 cm³/mol. The Balaban J connectivity index is 2.28. The molecule has 0 aliphatic carbocycles. The summed E-state index contributed by atoms with van der Waals surface area (Å²) in [4.78, 5) is 24.7. The molecule has 8 nitrogen and oxygen atoms in total. The molecule has 0 unspecified atom stereocenters. The molecule has 0 fully saturated rings. The average Bonchev–Trinajstić information content (AvgIpc) is 2.71. The summed E-state index contributed by atoms with van der Waals surface area (Å²) in [5, 5.41) is 2.71. The molecule has 1 amide bonds. The second kappa shape index (κ2) is 10.1. The summed E-state index contributed by atoms with van der Waals surface area (Å²) in [6.07, 6.45) is 1.30. The first-order valence-electron chi connectivity index (χ1n) is 9.42. The number of nitrogens with one attached hydrogen (secondary N) is 1. The molecule has 30 heavy (non-hydrogen) atoms.